The molecule has 6 nitrogen and oxygen atoms in total. The van der Waals surface area contributed by atoms with Gasteiger partial charge in [0, 0.05) is 19.3 Å². The van der Waals surface area contributed by atoms with Crippen molar-refractivity contribution in [2.24, 2.45) is 0 Å². The van der Waals surface area contributed by atoms with Crippen molar-refractivity contribution in [3.05, 3.63) is 0 Å². The molecule has 49 heavy (non-hydrogen) atoms. The molecule has 292 valence electrons. The van der Waals surface area contributed by atoms with Gasteiger partial charge in [-0.15, -0.1) is 0 Å². The molecule has 0 aromatic carbocycles. The average Bonchev–Trinajstić information content (AvgIpc) is 3.09. The zero-order valence-corrected chi connectivity index (χ0v) is 32.3. The van der Waals surface area contributed by atoms with Gasteiger partial charge in [-0.05, 0) is 12.8 Å². The molecule has 0 aromatic heterocycles. The number of ether oxygens (including phenoxy) is 3. The van der Waals surface area contributed by atoms with E-state index in [9.17, 15) is 14.4 Å². The lowest BCUT2D eigenvalue weighted by atomic mass is 10.0. The number of carbonyl (C=O) groups excluding carboxylic acids is 3. The molecule has 0 aliphatic rings. The first kappa shape index (κ1) is 49.5. The molecule has 6 heteroatoms. The lowest BCUT2D eigenvalue weighted by Gasteiger charge is -2.18. The van der Waals surface area contributed by atoms with E-state index in [2.05, 4.69) is 13.8 Å². The Kier molecular flexibility index (Phi) is 41.3. The predicted molar refractivity (Wildman–Crippen MR) is 208 cm³/mol. The van der Waals surface area contributed by atoms with Crippen molar-refractivity contribution >= 4 is 17.9 Å². The molecule has 0 fully saturated rings. The normalized spacial score (nSPS) is 11.6. The van der Waals surface area contributed by atoms with Crippen molar-refractivity contribution < 1.29 is 28.6 Å². The van der Waals surface area contributed by atoms with Crippen molar-refractivity contribution in [3.63, 3.8) is 0 Å². The van der Waals surface area contributed by atoms with Gasteiger partial charge in [-0.25, -0.2) is 0 Å². The summed E-state index contributed by atoms with van der Waals surface area (Å²) in [6.07, 6.45) is 38.6. The van der Waals surface area contributed by atoms with Crippen LogP contribution in [0.5, 0.6) is 0 Å². The van der Waals surface area contributed by atoms with Gasteiger partial charge in [0.25, 0.3) is 0 Å². The van der Waals surface area contributed by atoms with E-state index in [1.54, 1.807) is 6.92 Å². The Morgan fingerprint density at radius 3 is 0.939 bits per heavy atom. The quantitative estimate of drug-likeness (QED) is 0.0363. The van der Waals surface area contributed by atoms with Crippen LogP contribution in [0, 0.1) is 0 Å². The van der Waals surface area contributed by atoms with E-state index in [-0.39, 0.29) is 45.0 Å². The Bertz CT molecular complexity index is 708. The van der Waals surface area contributed by atoms with Crippen LogP contribution in [-0.2, 0) is 28.6 Å². The fourth-order valence-corrected chi connectivity index (χ4v) is 6.19. The summed E-state index contributed by atoms with van der Waals surface area (Å²) in [6, 6.07) is 0. The average molecular weight is 697 g/mol. The van der Waals surface area contributed by atoms with Gasteiger partial charge in [0.15, 0.2) is 6.10 Å². The molecule has 0 rings (SSSR count). The third kappa shape index (κ3) is 39.1. The number of esters is 3. The highest BCUT2D eigenvalue weighted by atomic mass is 16.6. The highest BCUT2D eigenvalue weighted by molar-refractivity contribution is 5.71. The molecule has 0 aromatic rings. The minimum Gasteiger partial charge on any atom is -0.462 e. The first-order valence-corrected chi connectivity index (χ1v) is 21.0. The lowest BCUT2D eigenvalue weighted by molar-refractivity contribution is -0.166. The number of carbonyl (C=O) groups is 3. The molecular formula is C43H84O6. The van der Waals surface area contributed by atoms with Crippen LogP contribution < -0.4 is 0 Å². The number of hydrogen-bond donors (Lipinski definition) is 0. The summed E-state index contributed by atoms with van der Waals surface area (Å²) in [6.45, 7) is 6.11. The van der Waals surface area contributed by atoms with Crippen molar-refractivity contribution in [1.82, 2.24) is 0 Å². The number of rotatable bonds is 38. The van der Waals surface area contributed by atoms with Gasteiger partial charge in [-0.1, -0.05) is 208 Å². The van der Waals surface area contributed by atoms with Crippen LogP contribution in [-0.4, -0.2) is 37.2 Å². The first-order valence-electron chi connectivity index (χ1n) is 21.0. The Morgan fingerprint density at radius 1 is 0.367 bits per heavy atom. The minimum atomic E-state index is -0.755. The van der Waals surface area contributed by atoms with E-state index in [4.69, 9.17) is 14.2 Å². The third-order valence-electron chi connectivity index (χ3n) is 9.42. The maximum Gasteiger partial charge on any atom is 0.306 e. The maximum atomic E-state index is 12.5. The molecule has 0 aliphatic heterocycles. The van der Waals surface area contributed by atoms with Crippen molar-refractivity contribution in [2.45, 2.75) is 246 Å². The monoisotopic (exact) mass is 697 g/mol. The molecule has 0 saturated heterocycles. The number of unbranched alkanes of at least 4 members (excludes halogenated alkanes) is 28. The Morgan fingerprint density at radius 2 is 0.633 bits per heavy atom. The highest BCUT2D eigenvalue weighted by Crippen LogP contribution is 2.16. The van der Waals surface area contributed by atoms with E-state index < -0.39 is 6.10 Å². The standard InChI is InChI=1S/C42H80O6.CH4/c1-4-7-9-11-13-15-17-19-21-23-25-27-29-31-33-35-41(44)47-38-39(37-46-40(43)6-3)48-42(45)36-34-32-30-28-26-24-22-20-18-16-14-12-10-8-5-2;/h39H,4-38H2,1-3H3;1H4/t39-;/m0./s1. The van der Waals surface area contributed by atoms with Gasteiger partial charge in [0.1, 0.15) is 13.2 Å². The fraction of sp³-hybridized carbons (Fsp3) is 0.930. The zero-order chi connectivity index (χ0) is 35.2. The van der Waals surface area contributed by atoms with Crippen LogP contribution in [0.4, 0.5) is 0 Å². The van der Waals surface area contributed by atoms with Crippen LogP contribution in [0.25, 0.3) is 0 Å². The molecule has 0 spiro atoms. The van der Waals surface area contributed by atoms with Crippen molar-refractivity contribution in [1.29, 1.82) is 0 Å². The van der Waals surface area contributed by atoms with Crippen LogP contribution in [0.15, 0.2) is 0 Å². The molecule has 0 radical (unpaired) electrons. The van der Waals surface area contributed by atoms with Gasteiger partial charge in [-0.3, -0.25) is 14.4 Å². The SMILES string of the molecule is C.CCCCCCCCCCCCCCCCCC(=O)OC[C@H](COC(=O)CC)OC(=O)CCCCCCCCCCCCCCCCC. The molecule has 0 unspecified atom stereocenters. The van der Waals surface area contributed by atoms with E-state index in [0.29, 0.717) is 12.8 Å². The third-order valence-corrected chi connectivity index (χ3v) is 9.42. The van der Waals surface area contributed by atoms with Gasteiger partial charge in [-0.2, -0.15) is 0 Å². The predicted octanol–water partition coefficient (Wildman–Crippen LogP) is 13.6. The second-order valence-corrected chi connectivity index (χ2v) is 14.2. The number of hydrogen-bond acceptors (Lipinski definition) is 6. The van der Waals surface area contributed by atoms with Crippen LogP contribution in [0.1, 0.15) is 240 Å². The maximum absolute atomic E-state index is 12.5. The van der Waals surface area contributed by atoms with Crippen molar-refractivity contribution in [2.75, 3.05) is 13.2 Å². The second kappa shape index (κ2) is 40.8. The molecule has 0 saturated carbocycles. The molecule has 0 amide bonds. The topological polar surface area (TPSA) is 78.9 Å². The van der Waals surface area contributed by atoms with Gasteiger partial charge in [0.05, 0.1) is 0 Å². The lowest BCUT2D eigenvalue weighted by Crippen LogP contribution is -2.30. The van der Waals surface area contributed by atoms with Crippen molar-refractivity contribution in [3.8, 4) is 0 Å². The van der Waals surface area contributed by atoms with Crippen LogP contribution in [0.3, 0.4) is 0 Å². The Labute approximate surface area is 305 Å². The molecule has 0 bridgehead atoms. The fourth-order valence-electron chi connectivity index (χ4n) is 6.19. The summed E-state index contributed by atoms with van der Waals surface area (Å²) >= 11 is 0. The van der Waals surface area contributed by atoms with E-state index in [1.807, 2.05) is 0 Å². The minimum absolute atomic E-state index is 0. The largest absolute Gasteiger partial charge is 0.462 e. The van der Waals surface area contributed by atoms with Crippen LogP contribution in [0.2, 0.25) is 0 Å². The van der Waals surface area contributed by atoms with Gasteiger partial charge in [0.2, 0.25) is 0 Å². The Hall–Kier alpha value is -1.59. The zero-order valence-electron chi connectivity index (χ0n) is 32.3. The smallest absolute Gasteiger partial charge is 0.306 e. The summed E-state index contributed by atoms with van der Waals surface area (Å²) in [4.78, 5) is 36.5. The van der Waals surface area contributed by atoms with E-state index in [1.165, 1.54) is 154 Å². The molecule has 1 atom stereocenters. The first-order chi connectivity index (χ1) is 23.5. The summed E-state index contributed by atoms with van der Waals surface area (Å²) in [5, 5.41) is 0. The Balaban J connectivity index is 0. The summed E-state index contributed by atoms with van der Waals surface area (Å²) in [5.41, 5.74) is 0. The molecule has 0 heterocycles. The molecule has 0 N–H and O–H groups in total. The summed E-state index contributed by atoms with van der Waals surface area (Å²) < 4.78 is 16.2. The van der Waals surface area contributed by atoms with E-state index >= 15 is 0 Å². The molecular weight excluding hydrogens is 612 g/mol. The van der Waals surface area contributed by atoms with E-state index in [0.717, 1.165) is 38.5 Å². The summed E-state index contributed by atoms with van der Waals surface area (Å²) in [7, 11) is 0. The second-order valence-electron chi connectivity index (χ2n) is 14.2. The van der Waals surface area contributed by atoms with Gasteiger partial charge < -0.3 is 14.2 Å². The van der Waals surface area contributed by atoms with Crippen LogP contribution >= 0.6 is 0 Å². The van der Waals surface area contributed by atoms with Gasteiger partial charge >= 0.3 is 17.9 Å². The highest BCUT2D eigenvalue weighted by Gasteiger charge is 2.19. The summed E-state index contributed by atoms with van der Waals surface area (Å²) in [5.74, 6) is -0.960. The molecule has 0 aliphatic carbocycles.